The summed E-state index contributed by atoms with van der Waals surface area (Å²) in [4.78, 5) is 0. The van der Waals surface area contributed by atoms with Crippen LogP contribution in [0.5, 0.6) is 0 Å². The van der Waals surface area contributed by atoms with Gasteiger partial charge in [0.2, 0.25) is 0 Å². The summed E-state index contributed by atoms with van der Waals surface area (Å²) in [6, 6.07) is 0. The van der Waals surface area contributed by atoms with Crippen molar-refractivity contribution >= 4 is 11.0 Å². The number of rotatable bonds is 2. The van der Waals surface area contributed by atoms with Gasteiger partial charge in [-0.2, -0.15) is 0 Å². The zero-order chi connectivity index (χ0) is 5.86. The monoisotopic (exact) mass is 125 g/mol. The zero-order valence-electron chi connectivity index (χ0n) is 3.83. The van der Waals surface area contributed by atoms with Gasteiger partial charge in [-0.15, -0.1) is 0 Å². The Morgan fingerprint density at radius 3 is 2.14 bits per heavy atom. The molecule has 0 aromatic carbocycles. The predicted octanol–water partition coefficient (Wildman–Crippen LogP) is -1.17. The van der Waals surface area contributed by atoms with Gasteiger partial charge in [0.05, 0.1) is 0 Å². The predicted molar refractivity (Wildman–Crippen MR) is 25.0 cm³/mol. The molecule has 0 radical (unpaired) electrons. The van der Waals surface area contributed by atoms with Crippen LogP contribution in [0.1, 0.15) is 6.92 Å². The normalized spacial score (nSPS) is 14.7. The van der Waals surface area contributed by atoms with Crippen molar-refractivity contribution in [3.05, 3.63) is 0 Å². The van der Waals surface area contributed by atoms with Crippen molar-refractivity contribution in [2.45, 2.75) is 13.2 Å². The van der Waals surface area contributed by atoms with E-state index in [1.54, 1.807) is 0 Å². The van der Waals surface area contributed by atoms with E-state index in [1.807, 2.05) is 0 Å². The molecule has 0 aliphatic carbocycles. The van der Waals surface area contributed by atoms with E-state index >= 15 is 0 Å². The molecule has 0 heterocycles. The maximum atomic E-state index is 9.54. The van der Waals surface area contributed by atoms with E-state index in [0.717, 1.165) is 0 Å². The molecule has 0 aromatic rings. The van der Waals surface area contributed by atoms with Crippen LogP contribution in [0.15, 0.2) is 0 Å². The SMILES string of the molecule is CC(N)O[SH](=O)=O. The quantitative estimate of drug-likeness (QED) is 0.360. The molecular weight excluding hydrogens is 118 g/mol. The maximum absolute atomic E-state index is 9.54. The summed E-state index contributed by atoms with van der Waals surface area (Å²) in [7, 11) is -2.76. The van der Waals surface area contributed by atoms with Gasteiger partial charge >= 0.3 is 0 Å². The lowest BCUT2D eigenvalue weighted by atomic mass is 10.7. The van der Waals surface area contributed by atoms with Gasteiger partial charge in [-0.25, -0.2) is 8.42 Å². The van der Waals surface area contributed by atoms with Crippen LogP contribution in [0.25, 0.3) is 0 Å². The standard InChI is InChI=1S/C2H7NO3S/c1-2(3)6-7(4)5/h2,7H,3H2,1H3. The second-order valence-electron chi connectivity index (χ2n) is 1.03. The lowest BCUT2D eigenvalue weighted by Gasteiger charge is -1.94. The summed E-state index contributed by atoms with van der Waals surface area (Å²) in [6.07, 6.45) is -0.721. The fourth-order valence-corrected chi connectivity index (χ4v) is 0.407. The minimum Gasteiger partial charge on any atom is -0.305 e. The highest BCUT2D eigenvalue weighted by Gasteiger charge is 1.89. The smallest absolute Gasteiger partial charge is 0.258 e. The molecule has 1 atom stereocenters. The number of thiol groups is 1. The average molecular weight is 125 g/mol. The van der Waals surface area contributed by atoms with Gasteiger partial charge in [-0.1, -0.05) is 0 Å². The minimum absolute atomic E-state index is 0.721. The van der Waals surface area contributed by atoms with E-state index in [-0.39, 0.29) is 0 Å². The Morgan fingerprint density at radius 2 is 2.14 bits per heavy atom. The molecule has 5 heteroatoms. The van der Waals surface area contributed by atoms with Gasteiger partial charge in [0.15, 0.2) is 0 Å². The molecule has 0 spiro atoms. The first kappa shape index (κ1) is 6.87. The zero-order valence-corrected chi connectivity index (χ0v) is 4.72. The molecule has 0 saturated heterocycles. The van der Waals surface area contributed by atoms with Crippen LogP contribution in [-0.4, -0.2) is 14.6 Å². The summed E-state index contributed by atoms with van der Waals surface area (Å²) < 4.78 is 23.1. The molecule has 0 saturated carbocycles. The van der Waals surface area contributed by atoms with Gasteiger partial charge in [-0.3, -0.25) is 4.18 Å². The van der Waals surface area contributed by atoms with Crippen LogP contribution >= 0.6 is 0 Å². The average Bonchev–Trinajstić information content (AvgIpc) is 1.27. The van der Waals surface area contributed by atoms with Gasteiger partial charge in [-0.05, 0) is 6.92 Å². The number of hydrogen-bond acceptors (Lipinski definition) is 4. The van der Waals surface area contributed by atoms with E-state index < -0.39 is 17.2 Å². The summed E-state index contributed by atoms with van der Waals surface area (Å²) in [6.45, 7) is 1.44. The van der Waals surface area contributed by atoms with Crippen molar-refractivity contribution in [2.24, 2.45) is 5.73 Å². The van der Waals surface area contributed by atoms with Gasteiger partial charge in [0.25, 0.3) is 11.0 Å². The van der Waals surface area contributed by atoms with Crippen molar-refractivity contribution < 1.29 is 12.6 Å². The lowest BCUT2D eigenvalue weighted by molar-refractivity contribution is 0.248. The Morgan fingerprint density at radius 1 is 1.71 bits per heavy atom. The Labute approximate surface area is 43.4 Å². The Bertz CT molecular complexity index is 99.5. The number of nitrogens with two attached hydrogens (primary N) is 1. The molecule has 0 aliphatic rings. The summed E-state index contributed by atoms with van der Waals surface area (Å²) in [5.41, 5.74) is 4.89. The molecule has 2 N–H and O–H groups in total. The van der Waals surface area contributed by atoms with E-state index in [1.165, 1.54) is 6.92 Å². The van der Waals surface area contributed by atoms with Crippen molar-refractivity contribution in [1.29, 1.82) is 0 Å². The van der Waals surface area contributed by atoms with Crippen LogP contribution in [0.2, 0.25) is 0 Å². The highest BCUT2D eigenvalue weighted by atomic mass is 32.2. The van der Waals surface area contributed by atoms with E-state index in [2.05, 4.69) is 4.18 Å². The lowest BCUT2D eigenvalue weighted by Crippen LogP contribution is -2.17. The first-order valence-electron chi connectivity index (χ1n) is 1.69. The molecule has 44 valence electrons. The topological polar surface area (TPSA) is 69.4 Å². The minimum atomic E-state index is -2.76. The fourth-order valence-electron chi connectivity index (χ4n) is 0.136. The molecule has 1 unspecified atom stereocenters. The summed E-state index contributed by atoms with van der Waals surface area (Å²) >= 11 is 0. The molecule has 0 fully saturated rings. The Hall–Kier alpha value is -0.130. The first-order valence-corrected chi connectivity index (χ1v) is 2.79. The van der Waals surface area contributed by atoms with Crippen LogP contribution < -0.4 is 5.73 Å². The van der Waals surface area contributed by atoms with E-state index in [9.17, 15) is 8.42 Å². The Kier molecular flexibility index (Phi) is 2.89. The molecule has 4 nitrogen and oxygen atoms in total. The molecule has 0 amide bonds. The second kappa shape index (κ2) is 2.95. The van der Waals surface area contributed by atoms with Crippen molar-refractivity contribution in [3.63, 3.8) is 0 Å². The van der Waals surface area contributed by atoms with Crippen molar-refractivity contribution in [3.8, 4) is 0 Å². The molecule has 0 rings (SSSR count). The third kappa shape index (κ3) is 5.87. The highest BCUT2D eigenvalue weighted by molar-refractivity contribution is 7.67. The third-order valence-corrected chi connectivity index (χ3v) is 0.757. The fraction of sp³-hybridized carbons (Fsp3) is 1.00. The van der Waals surface area contributed by atoms with Crippen LogP contribution in [-0.2, 0) is 15.2 Å². The summed E-state index contributed by atoms with van der Waals surface area (Å²) in [5.74, 6) is 0. The van der Waals surface area contributed by atoms with E-state index in [0.29, 0.717) is 0 Å². The van der Waals surface area contributed by atoms with Crippen molar-refractivity contribution in [2.75, 3.05) is 0 Å². The maximum Gasteiger partial charge on any atom is 0.258 e. The van der Waals surface area contributed by atoms with Crippen LogP contribution in [0.4, 0.5) is 0 Å². The molecule has 0 bridgehead atoms. The first-order chi connectivity index (χ1) is 3.13. The number of hydrogen-bond donors (Lipinski definition) is 2. The third-order valence-electron chi connectivity index (χ3n) is 0.252. The summed E-state index contributed by atoms with van der Waals surface area (Å²) in [5, 5.41) is 0. The van der Waals surface area contributed by atoms with Gasteiger partial charge in [0.1, 0.15) is 6.23 Å². The molecule has 0 aliphatic heterocycles. The van der Waals surface area contributed by atoms with Gasteiger partial charge in [0, 0.05) is 0 Å². The van der Waals surface area contributed by atoms with Crippen LogP contribution in [0, 0.1) is 0 Å². The van der Waals surface area contributed by atoms with Crippen LogP contribution in [0.3, 0.4) is 0 Å². The molecule has 0 aromatic heterocycles. The highest BCUT2D eigenvalue weighted by Crippen LogP contribution is 1.75. The van der Waals surface area contributed by atoms with Crippen molar-refractivity contribution in [1.82, 2.24) is 0 Å². The van der Waals surface area contributed by atoms with E-state index in [4.69, 9.17) is 5.73 Å². The molecular formula is C2H7NO3S. The Balaban J connectivity index is 3.32. The second-order valence-corrected chi connectivity index (χ2v) is 1.69. The largest absolute Gasteiger partial charge is 0.305 e. The molecule has 7 heavy (non-hydrogen) atoms. The van der Waals surface area contributed by atoms with Gasteiger partial charge < -0.3 is 5.73 Å².